The molecule has 0 radical (unpaired) electrons. The summed E-state index contributed by atoms with van der Waals surface area (Å²) in [4.78, 5) is 25.1. The first kappa shape index (κ1) is 26.6. The lowest BCUT2D eigenvalue weighted by Crippen LogP contribution is -2.43. The van der Waals surface area contributed by atoms with Crippen molar-refractivity contribution in [2.45, 2.75) is 53.0 Å². The molecule has 2 heterocycles. The van der Waals surface area contributed by atoms with E-state index in [0.29, 0.717) is 25.7 Å². The maximum Gasteiger partial charge on any atom is 0.280 e. The van der Waals surface area contributed by atoms with Crippen LogP contribution < -0.4 is 21.7 Å². The second-order valence-corrected chi connectivity index (χ2v) is 9.12. The summed E-state index contributed by atoms with van der Waals surface area (Å²) < 4.78 is 5.87. The van der Waals surface area contributed by atoms with E-state index in [-0.39, 0.29) is 41.4 Å². The van der Waals surface area contributed by atoms with Crippen molar-refractivity contribution >= 4 is 35.1 Å². The molecule has 0 saturated carbocycles. The Morgan fingerprint density at radius 3 is 2.85 bits per heavy atom. The van der Waals surface area contributed by atoms with Gasteiger partial charge >= 0.3 is 0 Å². The summed E-state index contributed by atoms with van der Waals surface area (Å²) in [7, 11) is 1.63. The first-order valence-corrected chi connectivity index (χ1v) is 11.2. The molecule has 9 nitrogen and oxygen atoms in total. The summed E-state index contributed by atoms with van der Waals surface area (Å²) in [5, 5.41) is 8.81. The van der Waals surface area contributed by atoms with Gasteiger partial charge in [0, 0.05) is 19.7 Å². The topological polar surface area (TPSA) is 127 Å². The van der Waals surface area contributed by atoms with E-state index in [2.05, 4.69) is 63.0 Å². The lowest BCUT2D eigenvalue weighted by molar-refractivity contribution is 0.0971. The van der Waals surface area contributed by atoms with Crippen molar-refractivity contribution in [1.29, 1.82) is 0 Å². The fourth-order valence-electron chi connectivity index (χ4n) is 3.69. The van der Waals surface area contributed by atoms with E-state index in [1.807, 2.05) is 0 Å². The number of nitrogens with two attached hydrogens (primary N) is 1. The number of hydrogen-bond donors (Lipinski definition) is 4. The van der Waals surface area contributed by atoms with Gasteiger partial charge in [-0.2, -0.15) is 0 Å². The molecule has 1 aliphatic heterocycles. The highest BCUT2D eigenvalue weighted by Gasteiger charge is 2.28. The number of carbonyl (C=O) groups is 1. The number of nitrogens with zero attached hydrogens (tertiary/aromatic N) is 3. The van der Waals surface area contributed by atoms with Gasteiger partial charge in [-0.1, -0.05) is 51.1 Å². The number of allylic oxidation sites excluding steroid dienone is 2. The predicted octanol–water partition coefficient (Wildman–Crippen LogP) is 3.55. The normalized spacial score (nSPS) is 17.5. The van der Waals surface area contributed by atoms with Crippen LogP contribution in [-0.2, 0) is 4.74 Å². The number of halogens is 1. The SMILES string of the molecule is C.CNc1nc(N)c(Cl)nc1C(=O)NC1=NCC(CC(C)(C)CCOCC2=CCCC=C2)N1. The number of hydrogen-bond acceptors (Lipinski definition) is 8. The monoisotopic (exact) mass is 477 g/mol. The molecule has 5 N–H and O–H groups in total. The zero-order chi connectivity index (χ0) is 23.1. The van der Waals surface area contributed by atoms with E-state index < -0.39 is 5.91 Å². The van der Waals surface area contributed by atoms with Crippen LogP contribution in [0, 0.1) is 5.41 Å². The summed E-state index contributed by atoms with van der Waals surface area (Å²) in [5.41, 5.74) is 7.04. The summed E-state index contributed by atoms with van der Waals surface area (Å²) >= 11 is 5.93. The summed E-state index contributed by atoms with van der Waals surface area (Å²) in [6, 6.07) is 0.133. The van der Waals surface area contributed by atoms with Crippen molar-refractivity contribution in [2.75, 3.05) is 37.9 Å². The van der Waals surface area contributed by atoms with Gasteiger partial charge in [0.05, 0.1) is 13.2 Å². The van der Waals surface area contributed by atoms with Crippen molar-refractivity contribution in [3.05, 3.63) is 34.6 Å². The molecule has 0 saturated heterocycles. The van der Waals surface area contributed by atoms with E-state index in [9.17, 15) is 4.79 Å². The molecule has 3 rings (SSSR count). The Balaban J connectivity index is 0.00000385. The molecular weight excluding hydrogens is 442 g/mol. The van der Waals surface area contributed by atoms with Gasteiger partial charge in [0.1, 0.15) is 0 Å². The summed E-state index contributed by atoms with van der Waals surface area (Å²) in [6.07, 6.45) is 10.6. The number of ether oxygens (including phenoxy) is 1. The van der Waals surface area contributed by atoms with Crippen LogP contribution in [0.5, 0.6) is 0 Å². The minimum atomic E-state index is -0.464. The first-order chi connectivity index (χ1) is 15.3. The predicted molar refractivity (Wildman–Crippen MR) is 135 cm³/mol. The Hall–Kier alpha value is -2.65. The van der Waals surface area contributed by atoms with Crippen molar-refractivity contribution in [2.24, 2.45) is 10.4 Å². The van der Waals surface area contributed by atoms with Crippen LogP contribution in [-0.4, -0.2) is 54.7 Å². The van der Waals surface area contributed by atoms with E-state index in [0.717, 1.165) is 25.7 Å². The molecule has 10 heteroatoms. The molecule has 2 aliphatic rings. The van der Waals surface area contributed by atoms with Gasteiger partial charge in [-0.25, -0.2) is 9.97 Å². The maximum absolute atomic E-state index is 12.6. The van der Waals surface area contributed by atoms with Crippen molar-refractivity contribution in [1.82, 2.24) is 20.6 Å². The van der Waals surface area contributed by atoms with Gasteiger partial charge in [0.2, 0.25) is 0 Å². The van der Waals surface area contributed by atoms with Gasteiger partial charge in [-0.15, -0.1) is 0 Å². The average molecular weight is 478 g/mol. The number of guanidine groups is 1. The molecule has 0 bridgehead atoms. The summed E-state index contributed by atoms with van der Waals surface area (Å²) in [6.45, 7) is 6.41. The van der Waals surface area contributed by atoms with E-state index in [1.54, 1.807) is 7.05 Å². The average Bonchev–Trinajstić information content (AvgIpc) is 3.19. The van der Waals surface area contributed by atoms with E-state index in [4.69, 9.17) is 22.1 Å². The standard InChI is InChI=1S/C22H32ClN7O2.CH4/c1-22(2,9-10-32-13-14-7-5-4-6-8-14)11-15-12-26-21(27-15)30-20(31)16-19(25-3)29-18(24)17(23)28-16;/h5,7-8,15H,4,6,9-13H2,1-3H3,(H3,24,25,29)(H2,26,27,30,31);1H4. The van der Waals surface area contributed by atoms with Crippen LogP contribution in [0.1, 0.15) is 57.4 Å². The van der Waals surface area contributed by atoms with Crippen molar-refractivity contribution < 1.29 is 9.53 Å². The van der Waals surface area contributed by atoms with Crippen LogP contribution >= 0.6 is 11.6 Å². The highest BCUT2D eigenvalue weighted by molar-refractivity contribution is 6.31. The van der Waals surface area contributed by atoms with Crippen LogP contribution in [0.25, 0.3) is 0 Å². The molecule has 0 spiro atoms. The molecule has 1 unspecified atom stereocenters. The fourth-order valence-corrected chi connectivity index (χ4v) is 3.81. The largest absolute Gasteiger partial charge is 0.381 e. The molecular formula is C23H36ClN7O2. The Bertz CT molecular complexity index is 928. The molecule has 0 aromatic carbocycles. The smallest absolute Gasteiger partial charge is 0.280 e. The number of nitrogens with one attached hydrogen (secondary N) is 3. The lowest BCUT2D eigenvalue weighted by Gasteiger charge is -2.28. The molecule has 33 heavy (non-hydrogen) atoms. The maximum atomic E-state index is 12.6. The fraction of sp³-hybridized carbons (Fsp3) is 0.565. The van der Waals surface area contributed by atoms with E-state index in [1.165, 1.54) is 5.57 Å². The van der Waals surface area contributed by atoms with Crippen LogP contribution in [0.15, 0.2) is 28.8 Å². The highest BCUT2D eigenvalue weighted by Crippen LogP contribution is 2.28. The number of aliphatic imine (C=N–C) groups is 1. The van der Waals surface area contributed by atoms with Crippen molar-refractivity contribution in [3.8, 4) is 0 Å². The number of anilines is 2. The number of nitrogen functional groups attached to an aromatic ring is 1. The first-order valence-electron chi connectivity index (χ1n) is 10.8. The zero-order valence-electron chi connectivity index (χ0n) is 18.9. The Morgan fingerprint density at radius 2 is 2.15 bits per heavy atom. The molecule has 0 fully saturated rings. The lowest BCUT2D eigenvalue weighted by atomic mass is 9.83. The van der Waals surface area contributed by atoms with Gasteiger partial charge in [0.25, 0.3) is 5.91 Å². The molecule has 1 amide bonds. The number of rotatable bonds is 9. The van der Waals surface area contributed by atoms with Crippen LogP contribution in [0.4, 0.5) is 11.6 Å². The Kier molecular flexibility index (Phi) is 9.67. The number of aromatic nitrogens is 2. The number of amides is 1. The third kappa shape index (κ3) is 7.71. The Labute approximate surface area is 201 Å². The quantitative estimate of drug-likeness (QED) is 0.400. The Morgan fingerprint density at radius 1 is 1.36 bits per heavy atom. The molecule has 1 atom stereocenters. The third-order valence-corrected chi connectivity index (χ3v) is 5.71. The third-order valence-electron chi connectivity index (χ3n) is 5.44. The van der Waals surface area contributed by atoms with Gasteiger partial charge < -0.3 is 21.1 Å². The van der Waals surface area contributed by atoms with Gasteiger partial charge in [-0.05, 0) is 36.7 Å². The minimum absolute atomic E-state index is 0. The number of carbonyl (C=O) groups excluding carboxylic acids is 1. The van der Waals surface area contributed by atoms with E-state index >= 15 is 0 Å². The molecule has 1 aliphatic carbocycles. The van der Waals surface area contributed by atoms with Crippen molar-refractivity contribution in [3.63, 3.8) is 0 Å². The summed E-state index contributed by atoms with van der Waals surface area (Å²) in [5.74, 6) is 0.261. The molecule has 1 aromatic heterocycles. The second kappa shape index (κ2) is 12.0. The van der Waals surface area contributed by atoms with Gasteiger partial charge in [-0.3, -0.25) is 15.1 Å². The molecule has 1 aromatic rings. The highest BCUT2D eigenvalue weighted by atomic mass is 35.5. The zero-order valence-corrected chi connectivity index (χ0v) is 19.6. The molecule has 182 valence electrons. The minimum Gasteiger partial charge on any atom is -0.381 e. The van der Waals surface area contributed by atoms with Gasteiger partial charge in [0.15, 0.2) is 28.4 Å². The van der Waals surface area contributed by atoms with Crippen LogP contribution in [0.2, 0.25) is 5.15 Å². The second-order valence-electron chi connectivity index (χ2n) is 8.76. The van der Waals surface area contributed by atoms with Crippen LogP contribution in [0.3, 0.4) is 0 Å².